The van der Waals surface area contributed by atoms with E-state index in [1.165, 1.54) is 109 Å². The van der Waals surface area contributed by atoms with Gasteiger partial charge in [0.1, 0.15) is 13.2 Å². The number of unbranched alkanes of at least 4 members (excludes halogenated alkanes) is 24. The maximum atomic E-state index is 12.9. The predicted octanol–water partition coefficient (Wildman–Crippen LogP) is 21.2. The van der Waals surface area contributed by atoms with E-state index in [0.29, 0.717) is 19.3 Å². The third-order valence-corrected chi connectivity index (χ3v) is 12.9. The molecule has 0 aromatic heterocycles. The number of allylic oxidation sites excluding steroid dienone is 20. The molecule has 0 spiro atoms. The minimum Gasteiger partial charge on any atom is -0.462 e. The molecule has 1 atom stereocenters. The van der Waals surface area contributed by atoms with Crippen LogP contribution in [0.15, 0.2) is 122 Å². The molecule has 0 aliphatic rings. The van der Waals surface area contributed by atoms with Crippen molar-refractivity contribution in [3.8, 4) is 0 Å². The quantitative estimate of drug-likeness (QED) is 0.0261. The first kappa shape index (κ1) is 70.8. The van der Waals surface area contributed by atoms with E-state index in [1.54, 1.807) is 0 Å². The minimum atomic E-state index is -0.812. The lowest BCUT2D eigenvalue weighted by atomic mass is 10.1. The summed E-state index contributed by atoms with van der Waals surface area (Å²) in [4.78, 5) is 38.2. The van der Waals surface area contributed by atoms with E-state index in [-0.39, 0.29) is 37.5 Å². The van der Waals surface area contributed by atoms with Crippen LogP contribution in [0.25, 0.3) is 0 Å². The first-order chi connectivity index (χ1) is 37.0. The Balaban J connectivity index is 4.46. The van der Waals surface area contributed by atoms with Crippen LogP contribution in [0, 0.1) is 0 Å². The lowest BCUT2D eigenvalue weighted by Gasteiger charge is -2.18. The molecule has 0 saturated carbocycles. The van der Waals surface area contributed by atoms with Gasteiger partial charge in [-0.05, 0) is 135 Å². The molecule has 6 nitrogen and oxygen atoms in total. The second-order valence-electron chi connectivity index (χ2n) is 20.2. The van der Waals surface area contributed by atoms with Crippen LogP contribution >= 0.6 is 0 Å². The normalized spacial score (nSPS) is 12.9. The number of ether oxygens (including phenoxy) is 3. The molecular formula is C69H114O6. The van der Waals surface area contributed by atoms with Gasteiger partial charge in [-0.25, -0.2) is 0 Å². The zero-order chi connectivity index (χ0) is 54.3. The molecule has 75 heavy (non-hydrogen) atoms. The van der Waals surface area contributed by atoms with Gasteiger partial charge in [0.2, 0.25) is 0 Å². The van der Waals surface area contributed by atoms with Crippen LogP contribution in [0.1, 0.15) is 278 Å². The van der Waals surface area contributed by atoms with E-state index in [2.05, 4.69) is 142 Å². The van der Waals surface area contributed by atoms with Gasteiger partial charge in [-0.3, -0.25) is 14.4 Å². The van der Waals surface area contributed by atoms with E-state index in [4.69, 9.17) is 14.2 Å². The van der Waals surface area contributed by atoms with Crippen molar-refractivity contribution in [2.75, 3.05) is 13.2 Å². The lowest BCUT2D eigenvalue weighted by molar-refractivity contribution is -0.167. The Morgan fingerprint density at radius 2 is 0.520 bits per heavy atom. The summed E-state index contributed by atoms with van der Waals surface area (Å²) in [5.74, 6) is -0.962. The van der Waals surface area contributed by atoms with E-state index in [0.717, 1.165) is 122 Å². The molecule has 0 heterocycles. The summed E-state index contributed by atoms with van der Waals surface area (Å²) >= 11 is 0. The van der Waals surface area contributed by atoms with Crippen molar-refractivity contribution >= 4 is 17.9 Å². The van der Waals surface area contributed by atoms with Crippen molar-refractivity contribution in [1.29, 1.82) is 0 Å². The van der Waals surface area contributed by atoms with Crippen LogP contribution in [0.5, 0.6) is 0 Å². The number of esters is 3. The van der Waals surface area contributed by atoms with Crippen molar-refractivity contribution < 1.29 is 28.6 Å². The second-order valence-corrected chi connectivity index (χ2v) is 20.2. The molecule has 0 N–H and O–H groups in total. The monoisotopic (exact) mass is 1040 g/mol. The molecule has 0 bridgehead atoms. The van der Waals surface area contributed by atoms with Crippen LogP contribution in [0.2, 0.25) is 0 Å². The van der Waals surface area contributed by atoms with E-state index >= 15 is 0 Å². The fourth-order valence-corrected chi connectivity index (χ4v) is 8.27. The Hall–Kier alpha value is -4.19. The third-order valence-electron chi connectivity index (χ3n) is 12.9. The van der Waals surface area contributed by atoms with Gasteiger partial charge in [0, 0.05) is 19.3 Å². The lowest BCUT2D eigenvalue weighted by Crippen LogP contribution is -2.30. The van der Waals surface area contributed by atoms with Gasteiger partial charge in [-0.2, -0.15) is 0 Å². The Kier molecular flexibility index (Phi) is 58.9. The molecule has 6 heteroatoms. The van der Waals surface area contributed by atoms with Gasteiger partial charge >= 0.3 is 17.9 Å². The molecule has 0 aromatic carbocycles. The zero-order valence-electron chi connectivity index (χ0n) is 48.8. The Labute approximate surface area is 462 Å². The van der Waals surface area contributed by atoms with Gasteiger partial charge in [-0.15, -0.1) is 0 Å². The molecule has 0 rings (SSSR count). The van der Waals surface area contributed by atoms with E-state index in [9.17, 15) is 14.4 Å². The summed E-state index contributed by atoms with van der Waals surface area (Å²) in [7, 11) is 0. The van der Waals surface area contributed by atoms with E-state index in [1.807, 2.05) is 0 Å². The third kappa shape index (κ3) is 60.6. The van der Waals surface area contributed by atoms with Crippen LogP contribution in [-0.4, -0.2) is 37.2 Å². The highest BCUT2D eigenvalue weighted by molar-refractivity contribution is 5.71. The van der Waals surface area contributed by atoms with Crippen LogP contribution < -0.4 is 0 Å². The summed E-state index contributed by atoms with van der Waals surface area (Å²) in [6.07, 6.45) is 86.2. The molecule has 0 radical (unpaired) electrons. The Morgan fingerprint density at radius 3 is 0.867 bits per heavy atom. The second kappa shape index (κ2) is 62.4. The van der Waals surface area contributed by atoms with Crippen molar-refractivity contribution in [2.45, 2.75) is 284 Å². The van der Waals surface area contributed by atoms with Gasteiger partial charge in [0.25, 0.3) is 0 Å². The van der Waals surface area contributed by atoms with Crippen molar-refractivity contribution in [3.05, 3.63) is 122 Å². The zero-order valence-corrected chi connectivity index (χ0v) is 48.8. The molecule has 0 aliphatic carbocycles. The standard InChI is InChI=1S/C69H114O6/c1-4-7-10-13-16-19-22-25-27-29-31-33-34-36-37-39-41-44-47-50-53-56-59-62-68(71)74-65-66(64-73-67(70)61-58-55-52-49-46-43-24-21-18-15-12-9-6-3)75-69(72)63-60-57-54-51-48-45-42-40-38-35-32-30-28-26-23-20-17-14-11-8-5-2/h8,11,17,20-22,24-26,28-29,31-32,34-36,40,42,48,51,66H,4-7,9-10,12-16,18-19,23,27,30,33,37-39,41,43-47,49-50,52-65H2,1-3H3/b11-8-,20-17-,24-21-,25-22-,28-26-,31-29-,35-32-,36-34-,42-40-,51-48-. The van der Waals surface area contributed by atoms with Crippen molar-refractivity contribution in [2.24, 2.45) is 0 Å². The molecule has 1 unspecified atom stereocenters. The summed E-state index contributed by atoms with van der Waals surface area (Å²) in [5, 5.41) is 0. The van der Waals surface area contributed by atoms with Gasteiger partial charge < -0.3 is 14.2 Å². The SMILES string of the molecule is CC/C=C\C/C=C\C/C=C\C/C=C\C/C=C\C/C=C\CCCCC(=O)OC(COC(=O)CCCCCCC/C=C\CCCCCC)COC(=O)CCCCCCCCCC/C=C\C/C=C\C/C=C\CCCCCCC. The highest BCUT2D eigenvalue weighted by Crippen LogP contribution is 2.14. The fraction of sp³-hybridized carbons (Fsp3) is 0.667. The molecule has 0 fully saturated rings. The van der Waals surface area contributed by atoms with Crippen molar-refractivity contribution in [1.82, 2.24) is 0 Å². The smallest absolute Gasteiger partial charge is 0.306 e. The molecular weight excluding hydrogens is 925 g/mol. The van der Waals surface area contributed by atoms with E-state index < -0.39 is 6.10 Å². The molecule has 0 saturated heterocycles. The van der Waals surface area contributed by atoms with Crippen LogP contribution in [0.4, 0.5) is 0 Å². The first-order valence-electron chi connectivity index (χ1n) is 31.0. The maximum Gasteiger partial charge on any atom is 0.306 e. The number of hydrogen-bond donors (Lipinski definition) is 0. The average molecular weight is 1040 g/mol. The molecule has 0 aromatic rings. The largest absolute Gasteiger partial charge is 0.462 e. The van der Waals surface area contributed by atoms with Crippen LogP contribution in [0.3, 0.4) is 0 Å². The maximum absolute atomic E-state index is 12.9. The van der Waals surface area contributed by atoms with Gasteiger partial charge in [0.15, 0.2) is 6.10 Å². The first-order valence-corrected chi connectivity index (χ1v) is 31.0. The van der Waals surface area contributed by atoms with Crippen LogP contribution in [-0.2, 0) is 28.6 Å². The highest BCUT2D eigenvalue weighted by atomic mass is 16.6. The molecule has 0 aliphatic heterocycles. The topological polar surface area (TPSA) is 78.9 Å². The Bertz CT molecular complexity index is 1570. The predicted molar refractivity (Wildman–Crippen MR) is 325 cm³/mol. The number of carbonyl (C=O) groups is 3. The van der Waals surface area contributed by atoms with Crippen molar-refractivity contribution in [3.63, 3.8) is 0 Å². The molecule has 0 amide bonds. The summed E-state index contributed by atoms with van der Waals surface area (Å²) in [5.41, 5.74) is 0. The van der Waals surface area contributed by atoms with Gasteiger partial charge in [-0.1, -0.05) is 245 Å². The molecule has 426 valence electrons. The number of rotatable bonds is 55. The summed E-state index contributed by atoms with van der Waals surface area (Å²) < 4.78 is 16.9. The Morgan fingerprint density at radius 1 is 0.280 bits per heavy atom. The fourth-order valence-electron chi connectivity index (χ4n) is 8.27. The highest BCUT2D eigenvalue weighted by Gasteiger charge is 2.19. The minimum absolute atomic E-state index is 0.105. The summed E-state index contributed by atoms with van der Waals surface area (Å²) in [6.45, 7) is 6.46. The average Bonchev–Trinajstić information content (AvgIpc) is 3.41. The number of carbonyl (C=O) groups excluding carboxylic acids is 3. The summed E-state index contributed by atoms with van der Waals surface area (Å²) in [6, 6.07) is 0. The number of hydrogen-bond acceptors (Lipinski definition) is 6. The van der Waals surface area contributed by atoms with Gasteiger partial charge in [0.05, 0.1) is 0 Å².